The van der Waals surface area contributed by atoms with Crippen molar-refractivity contribution >= 4 is 11.7 Å². The Labute approximate surface area is 127 Å². The lowest BCUT2D eigenvalue weighted by atomic mass is 9.87. The highest BCUT2D eigenvalue weighted by molar-refractivity contribution is 5.98. The summed E-state index contributed by atoms with van der Waals surface area (Å²) < 4.78 is 0. The number of amides is 1. The summed E-state index contributed by atoms with van der Waals surface area (Å²) in [7, 11) is 0. The van der Waals surface area contributed by atoms with Crippen LogP contribution in [0.3, 0.4) is 0 Å². The molecule has 5 nitrogen and oxygen atoms in total. The van der Waals surface area contributed by atoms with Gasteiger partial charge < -0.3 is 15.7 Å². The molecule has 0 aliphatic carbocycles. The van der Waals surface area contributed by atoms with Gasteiger partial charge in [0.1, 0.15) is 5.82 Å². The van der Waals surface area contributed by atoms with Crippen LogP contribution >= 0.6 is 0 Å². The van der Waals surface area contributed by atoms with E-state index in [9.17, 15) is 9.90 Å². The molecule has 0 bridgehead atoms. The second-order valence-electron chi connectivity index (χ2n) is 6.60. The Bertz CT molecular complexity index is 470. The number of anilines is 1. The van der Waals surface area contributed by atoms with Crippen LogP contribution < -0.4 is 10.6 Å². The normalized spacial score (nSPS) is 13.1. The molecule has 1 rings (SSSR count). The number of hydrogen-bond donors (Lipinski definition) is 3. The highest BCUT2D eigenvalue weighted by atomic mass is 16.3. The summed E-state index contributed by atoms with van der Waals surface area (Å²) in [6, 6.07) is 3.72. The highest BCUT2D eigenvalue weighted by Crippen LogP contribution is 2.21. The van der Waals surface area contributed by atoms with Gasteiger partial charge >= 0.3 is 0 Å². The Morgan fingerprint density at radius 3 is 2.62 bits per heavy atom. The Morgan fingerprint density at radius 1 is 1.38 bits per heavy atom. The van der Waals surface area contributed by atoms with E-state index < -0.39 is 0 Å². The topological polar surface area (TPSA) is 74.2 Å². The minimum absolute atomic E-state index is 0.148. The first-order valence-electron chi connectivity index (χ1n) is 7.39. The van der Waals surface area contributed by atoms with Gasteiger partial charge in [0, 0.05) is 18.8 Å². The molecule has 1 atom stereocenters. The molecule has 0 saturated carbocycles. The third-order valence-corrected chi connectivity index (χ3v) is 3.05. The van der Waals surface area contributed by atoms with E-state index in [1.54, 1.807) is 25.3 Å². The Hall–Kier alpha value is -1.62. The van der Waals surface area contributed by atoms with Gasteiger partial charge in [-0.1, -0.05) is 13.8 Å². The van der Waals surface area contributed by atoms with Crippen molar-refractivity contribution in [3.8, 4) is 0 Å². The van der Waals surface area contributed by atoms with Crippen LogP contribution in [0, 0.1) is 5.41 Å². The number of nitrogens with zero attached hydrogens (tertiary/aromatic N) is 1. The molecule has 1 aromatic rings. The van der Waals surface area contributed by atoms with Crippen molar-refractivity contribution in [2.24, 2.45) is 5.41 Å². The number of nitrogens with one attached hydrogen (secondary N) is 2. The molecule has 1 aromatic heterocycles. The van der Waals surface area contributed by atoms with Gasteiger partial charge in [-0.2, -0.15) is 0 Å². The van der Waals surface area contributed by atoms with Crippen LogP contribution in [-0.4, -0.2) is 34.7 Å². The molecule has 0 aliphatic rings. The lowest BCUT2D eigenvalue weighted by Crippen LogP contribution is -2.36. The van der Waals surface area contributed by atoms with E-state index in [4.69, 9.17) is 0 Å². The molecule has 3 N–H and O–H groups in total. The summed E-state index contributed by atoms with van der Waals surface area (Å²) in [5.41, 5.74) is 0.386. The minimum atomic E-state index is -0.381. The van der Waals surface area contributed by atoms with Crippen LogP contribution in [0.15, 0.2) is 18.3 Å². The first-order chi connectivity index (χ1) is 9.71. The zero-order valence-electron chi connectivity index (χ0n) is 13.6. The summed E-state index contributed by atoms with van der Waals surface area (Å²) in [6.07, 6.45) is 1.92. The highest BCUT2D eigenvalue weighted by Gasteiger charge is 2.22. The maximum absolute atomic E-state index is 12.3. The second kappa shape index (κ2) is 7.41. The average molecular weight is 293 g/mol. The summed E-state index contributed by atoms with van der Waals surface area (Å²) in [4.78, 5) is 16.5. The smallest absolute Gasteiger partial charge is 0.255 e. The molecule has 0 aliphatic heterocycles. The van der Waals surface area contributed by atoms with Gasteiger partial charge in [-0.3, -0.25) is 4.79 Å². The third-order valence-electron chi connectivity index (χ3n) is 3.05. The number of carbonyl (C=O) groups excluding carboxylic acids is 1. The summed E-state index contributed by atoms with van der Waals surface area (Å²) in [6.45, 7) is 10.3. The van der Waals surface area contributed by atoms with Crippen molar-refractivity contribution in [3.63, 3.8) is 0 Å². The maximum Gasteiger partial charge on any atom is 0.255 e. The summed E-state index contributed by atoms with van der Waals surface area (Å²) in [5, 5.41) is 15.6. The number of aromatic nitrogens is 1. The van der Waals surface area contributed by atoms with Gasteiger partial charge in [0.2, 0.25) is 0 Å². The Kier molecular flexibility index (Phi) is 6.15. The molecule has 0 fully saturated rings. The standard InChI is InChI=1S/C16H27N3O2/c1-11(2)19-14-13(7-6-8-17-14)15(21)18-10-16(4,5)9-12(3)20/h6-8,11-12,20H,9-10H2,1-5H3,(H,17,19)(H,18,21). The van der Waals surface area contributed by atoms with Gasteiger partial charge in [-0.05, 0) is 44.7 Å². The largest absolute Gasteiger partial charge is 0.393 e. The molecule has 1 unspecified atom stereocenters. The van der Waals surface area contributed by atoms with E-state index in [-0.39, 0.29) is 23.5 Å². The number of aliphatic hydroxyl groups excluding tert-OH is 1. The predicted octanol–water partition coefficient (Wildman–Crippen LogP) is 2.43. The SMILES string of the molecule is CC(O)CC(C)(C)CNC(=O)c1cccnc1NC(C)C. The molecule has 118 valence electrons. The Morgan fingerprint density at radius 2 is 2.05 bits per heavy atom. The van der Waals surface area contributed by atoms with Crippen molar-refractivity contribution in [3.05, 3.63) is 23.9 Å². The number of aliphatic hydroxyl groups is 1. The monoisotopic (exact) mass is 293 g/mol. The van der Waals surface area contributed by atoms with E-state index in [0.29, 0.717) is 24.3 Å². The molecule has 0 aromatic carbocycles. The quantitative estimate of drug-likeness (QED) is 0.722. The first-order valence-corrected chi connectivity index (χ1v) is 7.39. The summed E-state index contributed by atoms with van der Waals surface area (Å²) >= 11 is 0. The van der Waals surface area contributed by atoms with Crippen LogP contribution in [0.5, 0.6) is 0 Å². The second-order valence-corrected chi connectivity index (χ2v) is 6.60. The zero-order valence-corrected chi connectivity index (χ0v) is 13.6. The van der Waals surface area contributed by atoms with Gasteiger partial charge in [-0.15, -0.1) is 0 Å². The summed E-state index contributed by atoms with van der Waals surface area (Å²) in [5.74, 6) is 0.447. The number of hydrogen-bond acceptors (Lipinski definition) is 4. The number of rotatable bonds is 7. The van der Waals surface area contributed by atoms with Crippen LogP contribution in [0.25, 0.3) is 0 Å². The van der Waals surface area contributed by atoms with E-state index in [1.165, 1.54) is 0 Å². The van der Waals surface area contributed by atoms with Gasteiger partial charge in [0.05, 0.1) is 11.7 Å². The van der Waals surface area contributed by atoms with Crippen molar-refractivity contribution in [1.82, 2.24) is 10.3 Å². The fourth-order valence-electron chi connectivity index (χ4n) is 2.26. The molecule has 5 heteroatoms. The maximum atomic E-state index is 12.3. The van der Waals surface area contributed by atoms with Crippen molar-refractivity contribution < 1.29 is 9.90 Å². The minimum Gasteiger partial charge on any atom is -0.393 e. The van der Waals surface area contributed by atoms with Crippen molar-refractivity contribution in [1.29, 1.82) is 0 Å². The van der Waals surface area contributed by atoms with Gasteiger partial charge in [0.25, 0.3) is 5.91 Å². The fraction of sp³-hybridized carbons (Fsp3) is 0.625. The van der Waals surface area contributed by atoms with E-state index in [0.717, 1.165) is 0 Å². The Balaban J connectivity index is 2.72. The zero-order chi connectivity index (χ0) is 16.0. The molecule has 0 saturated heterocycles. The fourth-order valence-corrected chi connectivity index (χ4v) is 2.26. The van der Waals surface area contributed by atoms with E-state index >= 15 is 0 Å². The molecule has 1 heterocycles. The van der Waals surface area contributed by atoms with E-state index in [1.807, 2.05) is 27.7 Å². The lowest BCUT2D eigenvalue weighted by molar-refractivity contribution is 0.0902. The molecule has 0 spiro atoms. The van der Waals surface area contributed by atoms with Crippen LogP contribution in [-0.2, 0) is 0 Å². The van der Waals surface area contributed by atoms with Crippen LogP contribution in [0.1, 0.15) is 51.4 Å². The number of pyridine rings is 1. The predicted molar refractivity (Wildman–Crippen MR) is 85.4 cm³/mol. The van der Waals surface area contributed by atoms with Crippen LogP contribution in [0.4, 0.5) is 5.82 Å². The molecular weight excluding hydrogens is 266 g/mol. The van der Waals surface area contributed by atoms with E-state index in [2.05, 4.69) is 15.6 Å². The van der Waals surface area contributed by atoms with Crippen molar-refractivity contribution in [2.45, 2.75) is 53.2 Å². The molecule has 1 amide bonds. The van der Waals surface area contributed by atoms with Crippen LogP contribution in [0.2, 0.25) is 0 Å². The number of carbonyl (C=O) groups is 1. The lowest BCUT2D eigenvalue weighted by Gasteiger charge is -2.26. The average Bonchev–Trinajstić information content (AvgIpc) is 2.34. The van der Waals surface area contributed by atoms with Crippen molar-refractivity contribution in [2.75, 3.05) is 11.9 Å². The van der Waals surface area contributed by atoms with Gasteiger partial charge in [-0.25, -0.2) is 4.98 Å². The third kappa shape index (κ3) is 6.12. The molecule has 21 heavy (non-hydrogen) atoms. The molecular formula is C16H27N3O2. The van der Waals surface area contributed by atoms with Gasteiger partial charge in [0.15, 0.2) is 0 Å². The first kappa shape index (κ1) is 17.4. The molecule has 0 radical (unpaired) electrons.